The molecule has 6 rings (SSSR count). The summed E-state index contributed by atoms with van der Waals surface area (Å²) in [5.41, 5.74) is 12.5. The van der Waals surface area contributed by atoms with E-state index in [2.05, 4.69) is 34.1 Å². The molecule has 1 atom stereocenters. The first kappa shape index (κ1) is 24.6. The number of rotatable bonds is 5. The molecule has 0 aliphatic carbocycles. The number of carboxylic acid groups (broad SMARTS) is 1. The monoisotopic (exact) mass is 519 g/mol. The van der Waals surface area contributed by atoms with Gasteiger partial charge in [-0.1, -0.05) is 42.5 Å². The van der Waals surface area contributed by atoms with Gasteiger partial charge in [0.2, 0.25) is 0 Å². The molecule has 196 valence electrons. The van der Waals surface area contributed by atoms with Gasteiger partial charge in [0.15, 0.2) is 11.5 Å². The fraction of sp³-hybridized carbons (Fsp3) is 0.200. The molecule has 0 radical (unpaired) electrons. The highest BCUT2D eigenvalue weighted by atomic mass is 16.4. The van der Waals surface area contributed by atoms with Crippen LogP contribution in [0, 0.1) is 0 Å². The molecule has 3 aromatic heterocycles. The average Bonchev–Trinajstić information content (AvgIpc) is 3.32. The number of imidazole rings is 1. The van der Waals surface area contributed by atoms with E-state index >= 15 is 0 Å². The molecule has 9 nitrogen and oxygen atoms in total. The molecular weight excluding hydrogens is 490 g/mol. The Hall–Kier alpha value is -4.76. The van der Waals surface area contributed by atoms with Crippen molar-refractivity contribution in [3.8, 4) is 28.3 Å². The standard InChI is InChI=1S/C30H29N7O2/c1-20-18-35(16-17-36(20)30(38)39)19-21-9-11-23(12-10-21)37-28(24-8-5-15-32-27(24)31)34-26-14-13-25(33-29(26)37)22-6-3-2-4-7-22/h2-15,20H,16-19H2,1H3,(H2,31,32)(H,38,39)/t20-/m0/s1. The van der Waals surface area contributed by atoms with Gasteiger partial charge in [0.25, 0.3) is 0 Å². The van der Waals surface area contributed by atoms with Crippen LogP contribution in [0.1, 0.15) is 12.5 Å². The van der Waals surface area contributed by atoms with Crippen LogP contribution >= 0.6 is 0 Å². The van der Waals surface area contributed by atoms with Gasteiger partial charge in [0.1, 0.15) is 11.3 Å². The van der Waals surface area contributed by atoms with E-state index in [4.69, 9.17) is 15.7 Å². The summed E-state index contributed by atoms with van der Waals surface area (Å²) in [6, 6.07) is 26.1. The van der Waals surface area contributed by atoms with Crippen molar-refractivity contribution in [1.29, 1.82) is 0 Å². The first-order chi connectivity index (χ1) is 19.0. The third kappa shape index (κ3) is 4.80. The Balaban J connectivity index is 1.37. The molecule has 4 heterocycles. The summed E-state index contributed by atoms with van der Waals surface area (Å²) >= 11 is 0. The Morgan fingerprint density at radius 3 is 2.49 bits per heavy atom. The predicted octanol–water partition coefficient (Wildman–Crippen LogP) is 4.92. The number of carbonyl (C=O) groups is 1. The Labute approximate surface area is 226 Å². The number of nitrogen functional groups attached to an aromatic ring is 1. The number of anilines is 1. The Kier molecular flexibility index (Phi) is 6.42. The van der Waals surface area contributed by atoms with Crippen LogP contribution in [0.25, 0.3) is 39.5 Å². The Morgan fingerprint density at radius 2 is 1.77 bits per heavy atom. The summed E-state index contributed by atoms with van der Waals surface area (Å²) < 4.78 is 2.03. The number of benzene rings is 2. The number of aromatic nitrogens is 4. The first-order valence-electron chi connectivity index (χ1n) is 12.9. The summed E-state index contributed by atoms with van der Waals surface area (Å²) in [6.07, 6.45) is 0.817. The Morgan fingerprint density at radius 1 is 0.974 bits per heavy atom. The molecule has 9 heteroatoms. The van der Waals surface area contributed by atoms with E-state index in [0.29, 0.717) is 31.3 Å². The van der Waals surface area contributed by atoms with Crippen molar-refractivity contribution in [2.45, 2.75) is 19.5 Å². The van der Waals surface area contributed by atoms with Crippen molar-refractivity contribution in [3.05, 3.63) is 90.6 Å². The number of piperazine rings is 1. The first-order valence-corrected chi connectivity index (χ1v) is 12.9. The van der Waals surface area contributed by atoms with Crippen LogP contribution in [0.15, 0.2) is 85.1 Å². The van der Waals surface area contributed by atoms with Gasteiger partial charge < -0.3 is 15.7 Å². The number of nitrogens with two attached hydrogens (primary N) is 1. The number of pyridine rings is 2. The van der Waals surface area contributed by atoms with Gasteiger partial charge in [-0.05, 0) is 48.9 Å². The van der Waals surface area contributed by atoms with Crippen LogP contribution < -0.4 is 5.73 Å². The van der Waals surface area contributed by atoms with Crippen LogP contribution in [0.5, 0.6) is 0 Å². The third-order valence-corrected chi connectivity index (χ3v) is 7.21. The minimum absolute atomic E-state index is 0.0368. The van der Waals surface area contributed by atoms with Gasteiger partial charge in [0.05, 0.1) is 11.3 Å². The van der Waals surface area contributed by atoms with E-state index in [1.165, 1.54) is 4.90 Å². The van der Waals surface area contributed by atoms with E-state index in [1.807, 2.05) is 66.1 Å². The van der Waals surface area contributed by atoms with Crippen LogP contribution in [-0.2, 0) is 6.54 Å². The van der Waals surface area contributed by atoms with Crippen LogP contribution in [0.4, 0.5) is 10.6 Å². The minimum Gasteiger partial charge on any atom is -0.465 e. The van der Waals surface area contributed by atoms with Gasteiger partial charge in [0, 0.05) is 49.7 Å². The maximum atomic E-state index is 11.4. The zero-order valence-electron chi connectivity index (χ0n) is 21.6. The van der Waals surface area contributed by atoms with Crippen molar-refractivity contribution >= 4 is 23.1 Å². The highest BCUT2D eigenvalue weighted by Gasteiger charge is 2.27. The maximum absolute atomic E-state index is 11.4. The van der Waals surface area contributed by atoms with Crippen LogP contribution in [-0.4, -0.2) is 66.2 Å². The molecule has 1 amide bonds. The van der Waals surface area contributed by atoms with Gasteiger partial charge in [-0.2, -0.15) is 0 Å². The fourth-order valence-corrected chi connectivity index (χ4v) is 5.23. The highest BCUT2D eigenvalue weighted by molar-refractivity contribution is 5.84. The summed E-state index contributed by atoms with van der Waals surface area (Å²) in [6.45, 7) is 4.64. The predicted molar refractivity (Wildman–Crippen MR) is 151 cm³/mol. The maximum Gasteiger partial charge on any atom is 0.407 e. The molecule has 1 aliphatic rings. The van der Waals surface area contributed by atoms with Gasteiger partial charge in [-0.25, -0.2) is 19.7 Å². The van der Waals surface area contributed by atoms with Crippen molar-refractivity contribution in [2.24, 2.45) is 0 Å². The van der Waals surface area contributed by atoms with Crippen LogP contribution in [0.3, 0.4) is 0 Å². The zero-order chi connectivity index (χ0) is 26.9. The lowest BCUT2D eigenvalue weighted by Gasteiger charge is -2.38. The normalized spacial score (nSPS) is 16.0. The van der Waals surface area contributed by atoms with Gasteiger partial charge in [-0.3, -0.25) is 9.47 Å². The topological polar surface area (TPSA) is 113 Å². The molecular formula is C30H29N7O2. The molecule has 3 N–H and O–H groups in total. The van der Waals surface area contributed by atoms with Crippen molar-refractivity contribution in [2.75, 3.05) is 25.4 Å². The molecule has 0 saturated carbocycles. The summed E-state index contributed by atoms with van der Waals surface area (Å²) in [4.78, 5) is 29.4. The highest BCUT2D eigenvalue weighted by Crippen LogP contribution is 2.32. The van der Waals surface area contributed by atoms with Gasteiger partial charge in [-0.15, -0.1) is 0 Å². The van der Waals surface area contributed by atoms with E-state index in [0.717, 1.165) is 45.8 Å². The van der Waals surface area contributed by atoms with Crippen molar-refractivity contribution < 1.29 is 9.90 Å². The average molecular weight is 520 g/mol. The molecule has 0 unspecified atom stereocenters. The second-order valence-corrected chi connectivity index (χ2v) is 9.84. The number of nitrogens with zero attached hydrogens (tertiary/aromatic N) is 6. The van der Waals surface area contributed by atoms with E-state index in [-0.39, 0.29) is 6.04 Å². The molecule has 1 fully saturated rings. The Bertz CT molecular complexity index is 1630. The summed E-state index contributed by atoms with van der Waals surface area (Å²) in [5.74, 6) is 1.09. The SMILES string of the molecule is C[C@H]1CN(Cc2ccc(-n3c(-c4cccnc4N)nc4ccc(-c5ccccc5)nc43)cc2)CCN1C(=O)O. The molecule has 1 saturated heterocycles. The molecule has 39 heavy (non-hydrogen) atoms. The lowest BCUT2D eigenvalue weighted by atomic mass is 10.1. The minimum atomic E-state index is -0.854. The van der Waals surface area contributed by atoms with Crippen LogP contribution in [0.2, 0.25) is 0 Å². The lowest BCUT2D eigenvalue weighted by molar-refractivity contribution is 0.0711. The molecule has 5 aromatic rings. The molecule has 0 spiro atoms. The van der Waals surface area contributed by atoms with Gasteiger partial charge >= 0.3 is 6.09 Å². The number of fused-ring (bicyclic) bond motifs is 1. The molecule has 1 aliphatic heterocycles. The van der Waals surface area contributed by atoms with E-state index in [9.17, 15) is 9.90 Å². The van der Waals surface area contributed by atoms with E-state index < -0.39 is 6.09 Å². The molecule has 0 bridgehead atoms. The number of hydrogen-bond donors (Lipinski definition) is 2. The second-order valence-electron chi connectivity index (χ2n) is 9.84. The lowest BCUT2D eigenvalue weighted by Crippen LogP contribution is -2.53. The van der Waals surface area contributed by atoms with Crippen molar-refractivity contribution in [3.63, 3.8) is 0 Å². The largest absolute Gasteiger partial charge is 0.465 e. The number of hydrogen-bond acceptors (Lipinski definition) is 6. The van der Waals surface area contributed by atoms with E-state index in [1.54, 1.807) is 6.20 Å². The quantitative estimate of drug-likeness (QED) is 0.339. The van der Waals surface area contributed by atoms with Crippen molar-refractivity contribution in [1.82, 2.24) is 29.3 Å². The summed E-state index contributed by atoms with van der Waals surface area (Å²) in [5, 5.41) is 9.37. The number of amides is 1. The third-order valence-electron chi connectivity index (χ3n) is 7.21. The molecule has 2 aromatic carbocycles. The zero-order valence-corrected chi connectivity index (χ0v) is 21.6. The fourth-order valence-electron chi connectivity index (χ4n) is 5.23. The smallest absolute Gasteiger partial charge is 0.407 e. The second kappa shape index (κ2) is 10.2. The summed E-state index contributed by atoms with van der Waals surface area (Å²) in [7, 11) is 0.